The molecular weight excluding hydrogens is 223 g/mol. The minimum absolute atomic E-state index is 0.273. The van der Waals surface area contributed by atoms with E-state index in [9.17, 15) is 14.3 Å². The molecule has 0 spiro atoms. The third kappa shape index (κ3) is 1.45. The van der Waals surface area contributed by atoms with Crippen molar-refractivity contribution in [3.8, 4) is 5.75 Å². The summed E-state index contributed by atoms with van der Waals surface area (Å²) < 4.78 is 13.2. The molecule has 1 fully saturated rings. The number of rotatable bonds is 2. The maximum absolute atomic E-state index is 13.2. The largest absolute Gasteiger partial charge is 0.506 e. The van der Waals surface area contributed by atoms with Crippen molar-refractivity contribution < 1.29 is 19.4 Å². The standard InChI is InChI=1S/C10H8ClFO3/c11-8-6(12)3-5(4-7(8)13)10(1-2-10)9(14)15/h3-4,13H,1-2H2,(H,14,15). The molecule has 0 aromatic heterocycles. The molecule has 1 aromatic rings. The van der Waals surface area contributed by atoms with Crippen molar-refractivity contribution in [3.63, 3.8) is 0 Å². The van der Waals surface area contributed by atoms with E-state index in [1.165, 1.54) is 6.07 Å². The van der Waals surface area contributed by atoms with Gasteiger partial charge in [-0.25, -0.2) is 4.39 Å². The van der Waals surface area contributed by atoms with Gasteiger partial charge in [0, 0.05) is 0 Å². The quantitative estimate of drug-likeness (QED) is 0.820. The van der Waals surface area contributed by atoms with Crippen LogP contribution < -0.4 is 0 Å². The van der Waals surface area contributed by atoms with E-state index in [0.29, 0.717) is 12.8 Å². The van der Waals surface area contributed by atoms with Gasteiger partial charge in [-0.1, -0.05) is 11.6 Å². The molecule has 2 N–H and O–H groups in total. The average molecular weight is 231 g/mol. The molecule has 0 saturated heterocycles. The first kappa shape index (κ1) is 10.2. The lowest BCUT2D eigenvalue weighted by atomic mass is 9.96. The molecule has 0 aliphatic heterocycles. The molecule has 0 radical (unpaired) electrons. The highest BCUT2D eigenvalue weighted by Gasteiger charge is 2.52. The van der Waals surface area contributed by atoms with Crippen molar-refractivity contribution in [1.82, 2.24) is 0 Å². The molecule has 2 rings (SSSR count). The molecule has 80 valence electrons. The summed E-state index contributed by atoms with van der Waals surface area (Å²) in [5.74, 6) is -2.21. The van der Waals surface area contributed by atoms with Crippen LogP contribution in [0.4, 0.5) is 4.39 Å². The number of phenols is 1. The Balaban J connectivity index is 2.51. The molecule has 0 unspecified atom stereocenters. The SMILES string of the molecule is O=C(O)C1(c2cc(O)c(Cl)c(F)c2)CC1. The number of hydrogen-bond donors (Lipinski definition) is 2. The van der Waals surface area contributed by atoms with E-state index in [0.717, 1.165) is 6.07 Å². The summed E-state index contributed by atoms with van der Waals surface area (Å²) in [6, 6.07) is 2.29. The molecule has 1 saturated carbocycles. The first-order chi connectivity index (χ1) is 6.97. The Morgan fingerprint density at radius 3 is 2.47 bits per heavy atom. The highest BCUT2D eigenvalue weighted by atomic mass is 35.5. The Morgan fingerprint density at radius 1 is 1.47 bits per heavy atom. The highest BCUT2D eigenvalue weighted by Crippen LogP contribution is 2.50. The van der Waals surface area contributed by atoms with Gasteiger partial charge >= 0.3 is 5.97 Å². The summed E-state index contributed by atoms with van der Waals surface area (Å²) in [7, 11) is 0. The zero-order chi connectivity index (χ0) is 11.2. The number of carboxylic acids is 1. The monoisotopic (exact) mass is 230 g/mol. The summed E-state index contributed by atoms with van der Waals surface area (Å²) in [6.07, 6.45) is 0.922. The molecule has 1 aliphatic rings. The topological polar surface area (TPSA) is 57.5 Å². The van der Waals surface area contributed by atoms with Gasteiger partial charge in [0.1, 0.15) is 16.6 Å². The average Bonchev–Trinajstić information content (AvgIpc) is 2.93. The van der Waals surface area contributed by atoms with E-state index in [1.54, 1.807) is 0 Å². The first-order valence-electron chi connectivity index (χ1n) is 4.39. The van der Waals surface area contributed by atoms with Crippen LogP contribution in [0.15, 0.2) is 12.1 Å². The summed E-state index contributed by atoms with van der Waals surface area (Å²) in [4.78, 5) is 11.0. The number of aromatic hydroxyl groups is 1. The second-order valence-electron chi connectivity index (χ2n) is 3.68. The molecule has 0 amide bonds. The lowest BCUT2D eigenvalue weighted by molar-refractivity contribution is -0.140. The van der Waals surface area contributed by atoms with Crippen molar-refractivity contribution >= 4 is 17.6 Å². The minimum Gasteiger partial charge on any atom is -0.506 e. The number of hydrogen-bond acceptors (Lipinski definition) is 2. The summed E-state index contributed by atoms with van der Waals surface area (Å²) in [5, 5.41) is 17.9. The van der Waals surface area contributed by atoms with Crippen LogP contribution in [0.3, 0.4) is 0 Å². The Labute approximate surface area is 90.1 Å². The zero-order valence-corrected chi connectivity index (χ0v) is 8.38. The van der Waals surface area contributed by atoms with Crippen molar-refractivity contribution in [1.29, 1.82) is 0 Å². The third-order valence-corrected chi connectivity index (χ3v) is 3.10. The van der Waals surface area contributed by atoms with Crippen LogP contribution in [0.25, 0.3) is 0 Å². The van der Waals surface area contributed by atoms with Crippen LogP contribution in [-0.2, 0) is 10.2 Å². The Hall–Kier alpha value is -1.29. The van der Waals surface area contributed by atoms with Crippen LogP contribution in [0.2, 0.25) is 5.02 Å². The number of carbonyl (C=O) groups is 1. The molecule has 0 bridgehead atoms. The van der Waals surface area contributed by atoms with Gasteiger partial charge in [0.2, 0.25) is 0 Å². The molecule has 15 heavy (non-hydrogen) atoms. The number of aliphatic carboxylic acids is 1. The fourth-order valence-electron chi connectivity index (χ4n) is 1.60. The van der Waals surface area contributed by atoms with Gasteiger partial charge in [-0.2, -0.15) is 0 Å². The van der Waals surface area contributed by atoms with Gasteiger partial charge in [0.05, 0.1) is 5.41 Å². The van der Waals surface area contributed by atoms with Crippen LogP contribution in [-0.4, -0.2) is 16.2 Å². The lowest BCUT2D eigenvalue weighted by Crippen LogP contribution is -2.19. The fourth-order valence-corrected chi connectivity index (χ4v) is 1.71. The highest BCUT2D eigenvalue weighted by molar-refractivity contribution is 6.32. The minimum atomic E-state index is -1.02. The van der Waals surface area contributed by atoms with Gasteiger partial charge < -0.3 is 10.2 Å². The van der Waals surface area contributed by atoms with Crippen molar-refractivity contribution in [2.45, 2.75) is 18.3 Å². The third-order valence-electron chi connectivity index (χ3n) is 2.72. The van der Waals surface area contributed by atoms with Crippen molar-refractivity contribution in [2.75, 3.05) is 0 Å². The second-order valence-corrected chi connectivity index (χ2v) is 4.06. The van der Waals surface area contributed by atoms with Crippen LogP contribution >= 0.6 is 11.6 Å². The Kier molecular flexibility index (Phi) is 2.12. The number of halogens is 2. The molecular formula is C10H8ClFO3. The van der Waals surface area contributed by atoms with Gasteiger partial charge in [0.25, 0.3) is 0 Å². The number of phenolic OH excluding ortho intramolecular Hbond substituents is 1. The molecule has 0 heterocycles. The molecule has 1 aliphatic carbocycles. The second kappa shape index (κ2) is 3.10. The van der Waals surface area contributed by atoms with Crippen molar-refractivity contribution in [2.24, 2.45) is 0 Å². The van der Waals surface area contributed by atoms with Gasteiger partial charge in [-0.05, 0) is 30.5 Å². The maximum atomic E-state index is 13.2. The van der Waals surface area contributed by atoms with Crippen LogP contribution in [0.1, 0.15) is 18.4 Å². The van der Waals surface area contributed by atoms with Crippen molar-refractivity contribution in [3.05, 3.63) is 28.5 Å². The van der Waals surface area contributed by atoms with E-state index in [4.69, 9.17) is 16.7 Å². The molecule has 3 nitrogen and oxygen atoms in total. The predicted molar refractivity (Wildman–Crippen MR) is 51.6 cm³/mol. The molecule has 5 heteroatoms. The summed E-state index contributed by atoms with van der Waals surface area (Å²) >= 11 is 5.43. The van der Waals surface area contributed by atoms with E-state index in [-0.39, 0.29) is 10.6 Å². The van der Waals surface area contributed by atoms with Crippen LogP contribution in [0.5, 0.6) is 5.75 Å². The van der Waals surface area contributed by atoms with Crippen LogP contribution in [0, 0.1) is 5.82 Å². The number of carboxylic acid groups (broad SMARTS) is 1. The molecule has 1 aromatic carbocycles. The van der Waals surface area contributed by atoms with E-state index in [1.807, 2.05) is 0 Å². The first-order valence-corrected chi connectivity index (χ1v) is 4.77. The van der Waals surface area contributed by atoms with Gasteiger partial charge in [-0.3, -0.25) is 4.79 Å². The zero-order valence-electron chi connectivity index (χ0n) is 7.63. The van der Waals surface area contributed by atoms with E-state index in [2.05, 4.69) is 0 Å². The lowest BCUT2D eigenvalue weighted by Gasteiger charge is -2.11. The Morgan fingerprint density at radius 2 is 2.07 bits per heavy atom. The number of benzene rings is 1. The predicted octanol–water partition coefficient (Wildman–Crippen LogP) is 2.30. The summed E-state index contributed by atoms with van der Waals surface area (Å²) in [6.45, 7) is 0. The fraction of sp³-hybridized carbons (Fsp3) is 0.300. The molecule has 0 atom stereocenters. The summed E-state index contributed by atoms with van der Waals surface area (Å²) in [5.41, 5.74) is -0.752. The normalized spacial score (nSPS) is 17.5. The smallest absolute Gasteiger partial charge is 0.314 e. The van der Waals surface area contributed by atoms with E-state index < -0.39 is 23.0 Å². The Bertz CT molecular complexity index is 417. The van der Waals surface area contributed by atoms with E-state index >= 15 is 0 Å². The van der Waals surface area contributed by atoms with Gasteiger partial charge in [0.15, 0.2) is 0 Å². The maximum Gasteiger partial charge on any atom is 0.314 e. The van der Waals surface area contributed by atoms with Gasteiger partial charge in [-0.15, -0.1) is 0 Å².